The van der Waals surface area contributed by atoms with Crippen molar-refractivity contribution in [2.24, 2.45) is 0 Å². The Balaban J connectivity index is 2.72. The van der Waals surface area contributed by atoms with Gasteiger partial charge in [-0.1, -0.05) is 11.6 Å². The molecule has 1 N–H and O–H groups in total. The third kappa shape index (κ3) is 4.04. The van der Waals surface area contributed by atoms with Gasteiger partial charge in [0.2, 0.25) is 0 Å². The van der Waals surface area contributed by atoms with Crippen LogP contribution in [0.4, 0.5) is 0 Å². The molecule has 1 unspecified atom stereocenters. The zero-order valence-corrected chi connectivity index (χ0v) is 11.3. The van der Waals surface area contributed by atoms with Gasteiger partial charge in [0.1, 0.15) is 12.0 Å². The molecule has 0 saturated heterocycles. The van der Waals surface area contributed by atoms with Crippen LogP contribution < -0.4 is 10.1 Å². The number of rotatable bonds is 5. The van der Waals surface area contributed by atoms with Crippen LogP contribution in [0.15, 0.2) is 18.2 Å². The lowest BCUT2D eigenvalue weighted by Gasteiger charge is -2.17. The molecule has 0 aliphatic carbocycles. The van der Waals surface area contributed by atoms with Gasteiger partial charge in [-0.3, -0.25) is 9.59 Å². The predicted molar refractivity (Wildman–Crippen MR) is 70.2 cm³/mol. The number of hydrogen-bond donors (Lipinski definition) is 1. The number of ether oxygens (including phenoxy) is 1. The number of halogens is 1. The van der Waals surface area contributed by atoms with Crippen LogP contribution in [-0.4, -0.2) is 24.3 Å². The van der Waals surface area contributed by atoms with E-state index >= 15 is 0 Å². The number of amides is 1. The second kappa shape index (κ2) is 6.40. The van der Waals surface area contributed by atoms with Crippen LogP contribution in [0, 0.1) is 0 Å². The van der Waals surface area contributed by atoms with Crippen LogP contribution in [0.1, 0.15) is 31.1 Å². The third-order valence-electron chi connectivity index (χ3n) is 2.20. The van der Waals surface area contributed by atoms with E-state index in [1.54, 1.807) is 19.1 Å². The zero-order valence-electron chi connectivity index (χ0n) is 10.6. The van der Waals surface area contributed by atoms with E-state index in [0.29, 0.717) is 22.6 Å². The van der Waals surface area contributed by atoms with E-state index in [9.17, 15) is 9.59 Å². The Labute approximate surface area is 111 Å². The molecule has 0 aliphatic rings. The summed E-state index contributed by atoms with van der Waals surface area (Å²) >= 11 is 5.95. The standard InChI is InChI=1S/C13H16ClNO3/c1-8(2)15-13(17)9(3)18-12-5-4-10(7-16)6-11(12)14/h4-9H,1-3H3,(H,15,17). The molecular weight excluding hydrogens is 254 g/mol. The third-order valence-corrected chi connectivity index (χ3v) is 2.49. The van der Waals surface area contributed by atoms with Crippen LogP contribution in [0.3, 0.4) is 0 Å². The second-order valence-corrected chi connectivity index (χ2v) is 4.64. The molecular formula is C13H16ClNO3. The fourth-order valence-corrected chi connectivity index (χ4v) is 1.57. The number of hydrogen-bond acceptors (Lipinski definition) is 3. The molecule has 98 valence electrons. The van der Waals surface area contributed by atoms with Crippen LogP contribution in [-0.2, 0) is 4.79 Å². The van der Waals surface area contributed by atoms with E-state index in [-0.39, 0.29) is 11.9 Å². The van der Waals surface area contributed by atoms with Crippen LogP contribution in [0.25, 0.3) is 0 Å². The van der Waals surface area contributed by atoms with Gasteiger partial charge in [-0.05, 0) is 39.0 Å². The van der Waals surface area contributed by atoms with Crippen molar-refractivity contribution >= 4 is 23.8 Å². The van der Waals surface area contributed by atoms with Crippen molar-refractivity contribution in [3.8, 4) is 5.75 Å². The Morgan fingerprint density at radius 1 is 1.39 bits per heavy atom. The van der Waals surface area contributed by atoms with E-state index in [2.05, 4.69) is 5.32 Å². The maximum Gasteiger partial charge on any atom is 0.260 e. The maximum atomic E-state index is 11.7. The molecule has 0 radical (unpaired) electrons. The van der Waals surface area contributed by atoms with Crippen LogP contribution in [0.5, 0.6) is 5.75 Å². The molecule has 0 spiro atoms. The average Bonchev–Trinajstić information content (AvgIpc) is 2.30. The first-order chi connectivity index (χ1) is 8.43. The fourth-order valence-electron chi connectivity index (χ4n) is 1.33. The molecule has 1 amide bonds. The SMILES string of the molecule is CC(C)NC(=O)C(C)Oc1ccc(C=O)cc1Cl. The average molecular weight is 270 g/mol. The summed E-state index contributed by atoms with van der Waals surface area (Å²) in [4.78, 5) is 22.2. The molecule has 1 aromatic rings. The van der Waals surface area contributed by atoms with Gasteiger partial charge < -0.3 is 10.1 Å². The van der Waals surface area contributed by atoms with E-state index in [1.165, 1.54) is 6.07 Å². The summed E-state index contributed by atoms with van der Waals surface area (Å²) in [5.74, 6) is 0.175. The summed E-state index contributed by atoms with van der Waals surface area (Å²) in [6.45, 7) is 5.38. The van der Waals surface area contributed by atoms with Crippen molar-refractivity contribution in [3.05, 3.63) is 28.8 Å². The molecule has 0 heterocycles. The molecule has 0 saturated carbocycles. The van der Waals surface area contributed by atoms with Gasteiger partial charge in [0.05, 0.1) is 5.02 Å². The molecule has 18 heavy (non-hydrogen) atoms. The molecule has 1 aromatic carbocycles. The summed E-state index contributed by atoms with van der Waals surface area (Å²) in [5.41, 5.74) is 0.464. The lowest BCUT2D eigenvalue weighted by atomic mass is 10.2. The Kier molecular flexibility index (Phi) is 5.16. The summed E-state index contributed by atoms with van der Waals surface area (Å²) < 4.78 is 5.45. The smallest absolute Gasteiger partial charge is 0.260 e. The number of carbonyl (C=O) groups is 2. The molecule has 1 atom stereocenters. The van der Waals surface area contributed by atoms with E-state index in [4.69, 9.17) is 16.3 Å². The maximum absolute atomic E-state index is 11.7. The van der Waals surface area contributed by atoms with Gasteiger partial charge in [-0.2, -0.15) is 0 Å². The molecule has 1 rings (SSSR count). The topological polar surface area (TPSA) is 55.4 Å². The summed E-state index contributed by atoms with van der Waals surface area (Å²) in [5, 5.41) is 3.05. The Hall–Kier alpha value is -1.55. The Bertz CT molecular complexity index is 446. The highest BCUT2D eigenvalue weighted by atomic mass is 35.5. The molecule has 0 aromatic heterocycles. The van der Waals surface area contributed by atoms with Crippen LogP contribution >= 0.6 is 11.6 Å². The van der Waals surface area contributed by atoms with Gasteiger partial charge in [0.15, 0.2) is 6.10 Å². The van der Waals surface area contributed by atoms with Gasteiger partial charge in [-0.15, -0.1) is 0 Å². The van der Waals surface area contributed by atoms with E-state index in [1.807, 2.05) is 13.8 Å². The Morgan fingerprint density at radius 3 is 2.56 bits per heavy atom. The summed E-state index contributed by atoms with van der Waals surface area (Å²) in [7, 11) is 0. The van der Waals surface area contributed by atoms with Crippen molar-refractivity contribution in [2.45, 2.75) is 32.9 Å². The van der Waals surface area contributed by atoms with E-state index in [0.717, 1.165) is 0 Å². The van der Waals surface area contributed by atoms with Crippen molar-refractivity contribution in [1.29, 1.82) is 0 Å². The van der Waals surface area contributed by atoms with Gasteiger partial charge in [-0.25, -0.2) is 0 Å². The number of nitrogens with one attached hydrogen (secondary N) is 1. The van der Waals surface area contributed by atoms with Crippen molar-refractivity contribution in [2.75, 3.05) is 0 Å². The number of carbonyl (C=O) groups excluding carboxylic acids is 2. The normalized spacial score (nSPS) is 12.1. The predicted octanol–water partition coefficient (Wildman–Crippen LogP) is 2.44. The highest BCUT2D eigenvalue weighted by molar-refractivity contribution is 6.32. The van der Waals surface area contributed by atoms with Crippen molar-refractivity contribution in [3.63, 3.8) is 0 Å². The molecule has 0 aliphatic heterocycles. The minimum Gasteiger partial charge on any atom is -0.479 e. The minimum absolute atomic E-state index is 0.0523. The van der Waals surface area contributed by atoms with Crippen molar-refractivity contribution < 1.29 is 14.3 Å². The quantitative estimate of drug-likeness (QED) is 0.836. The van der Waals surface area contributed by atoms with E-state index < -0.39 is 6.10 Å². The number of aldehydes is 1. The minimum atomic E-state index is -0.646. The first-order valence-electron chi connectivity index (χ1n) is 5.65. The zero-order chi connectivity index (χ0) is 13.7. The summed E-state index contributed by atoms with van der Waals surface area (Å²) in [6.07, 6.45) is 0.0527. The van der Waals surface area contributed by atoms with Gasteiger partial charge in [0, 0.05) is 11.6 Å². The second-order valence-electron chi connectivity index (χ2n) is 4.23. The Morgan fingerprint density at radius 2 is 2.06 bits per heavy atom. The largest absolute Gasteiger partial charge is 0.479 e. The fraction of sp³-hybridized carbons (Fsp3) is 0.385. The molecule has 4 nitrogen and oxygen atoms in total. The first kappa shape index (κ1) is 14.5. The molecule has 0 fully saturated rings. The molecule has 0 bridgehead atoms. The summed E-state index contributed by atoms with van der Waals surface area (Å²) in [6, 6.07) is 4.71. The van der Waals surface area contributed by atoms with Gasteiger partial charge >= 0.3 is 0 Å². The highest BCUT2D eigenvalue weighted by Crippen LogP contribution is 2.25. The van der Waals surface area contributed by atoms with Gasteiger partial charge in [0.25, 0.3) is 5.91 Å². The molecule has 5 heteroatoms. The number of benzene rings is 1. The van der Waals surface area contributed by atoms with Crippen molar-refractivity contribution in [1.82, 2.24) is 5.32 Å². The first-order valence-corrected chi connectivity index (χ1v) is 6.03. The lowest BCUT2D eigenvalue weighted by molar-refractivity contribution is -0.127. The van der Waals surface area contributed by atoms with Crippen LogP contribution in [0.2, 0.25) is 5.02 Å². The lowest BCUT2D eigenvalue weighted by Crippen LogP contribution is -2.40. The monoisotopic (exact) mass is 269 g/mol. The highest BCUT2D eigenvalue weighted by Gasteiger charge is 2.16.